The van der Waals surface area contributed by atoms with Crippen LogP contribution in [0.1, 0.15) is 89.0 Å². The number of aliphatic hydroxyl groups excluding tert-OH is 3. The van der Waals surface area contributed by atoms with E-state index < -0.39 is 36.3 Å². The SMILES string of the molecule is CC(C)(C)CC(=O)NC(CC1CCCCC1)C(O)C(O)C(=O)NC(c1ccccc1)C(O)c1ccccc1. The third-order valence-electron chi connectivity index (χ3n) is 7.27. The van der Waals surface area contributed by atoms with Crippen LogP contribution in [0.15, 0.2) is 60.7 Å². The fraction of sp³-hybridized carbons (Fsp3) is 0.548. The molecule has 0 aliphatic heterocycles. The predicted molar refractivity (Wildman–Crippen MR) is 148 cm³/mol. The average Bonchev–Trinajstić information content (AvgIpc) is 2.90. The quantitative estimate of drug-likeness (QED) is 0.302. The molecule has 2 aromatic rings. The summed E-state index contributed by atoms with van der Waals surface area (Å²) >= 11 is 0. The van der Waals surface area contributed by atoms with E-state index in [4.69, 9.17) is 0 Å². The van der Waals surface area contributed by atoms with Gasteiger partial charge in [0.2, 0.25) is 5.91 Å². The van der Waals surface area contributed by atoms with Gasteiger partial charge in [0.15, 0.2) is 6.10 Å². The van der Waals surface area contributed by atoms with Crippen molar-refractivity contribution in [1.82, 2.24) is 10.6 Å². The van der Waals surface area contributed by atoms with Gasteiger partial charge in [-0.3, -0.25) is 9.59 Å². The molecule has 0 spiro atoms. The summed E-state index contributed by atoms with van der Waals surface area (Å²) in [5, 5.41) is 39.0. The van der Waals surface area contributed by atoms with Gasteiger partial charge in [-0.25, -0.2) is 0 Å². The number of carbonyl (C=O) groups is 2. The molecule has 208 valence electrons. The third kappa shape index (κ3) is 8.93. The Kier molecular flexibility index (Phi) is 10.9. The zero-order chi connectivity index (χ0) is 27.7. The molecule has 1 fully saturated rings. The first-order chi connectivity index (χ1) is 18.0. The van der Waals surface area contributed by atoms with Crippen LogP contribution in [0.25, 0.3) is 0 Å². The Morgan fingerprint density at radius 2 is 1.39 bits per heavy atom. The Morgan fingerprint density at radius 3 is 1.95 bits per heavy atom. The molecule has 2 aromatic carbocycles. The number of benzene rings is 2. The molecular formula is C31H44N2O5. The first kappa shape index (κ1) is 29.8. The van der Waals surface area contributed by atoms with Crippen LogP contribution in [0.2, 0.25) is 0 Å². The Labute approximate surface area is 226 Å². The molecule has 1 aliphatic rings. The number of aliphatic hydroxyl groups is 3. The van der Waals surface area contributed by atoms with Crippen LogP contribution in [0.5, 0.6) is 0 Å². The van der Waals surface area contributed by atoms with Gasteiger partial charge < -0.3 is 26.0 Å². The lowest BCUT2D eigenvalue weighted by atomic mass is 9.82. The molecule has 2 amide bonds. The Hall–Kier alpha value is -2.74. The minimum atomic E-state index is -1.78. The van der Waals surface area contributed by atoms with E-state index in [9.17, 15) is 24.9 Å². The van der Waals surface area contributed by atoms with Crippen molar-refractivity contribution in [2.24, 2.45) is 11.3 Å². The standard InChI is InChI=1S/C31H44N2O5/c1-31(2,3)20-25(34)32-24(19-21-13-7-4-8-14-21)28(36)29(37)30(38)33-26(22-15-9-5-10-16-22)27(35)23-17-11-6-12-18-23/h5-6,9-12,15-18,21,24,26-29,35-37H,4,7-8,13-14,19-20H2,1-3H3,(H,32,34)(H,33,38). The zero-order valence-electron chi connectivity index (χ0n) is 22.8. The van der Waals surface area contributed by atoms with E-state index in [1.54, 1.807) is 36.4 Å². The summed E-state index contributed by atoms with van der Waals surface area (Å²) in [6, 6.07) is 16.4. The lowest BCUT2D eigenvalue weighted by molar-refractivity contribution is -0.140. The Bertz CT molecular complexity index is 1000. The Morgan fingerprint density at radius 1 is 0.842 bits per heavy atom. The maximum absolute atomic E-state index is 13.3. The second kappa shape index (κ2) is 13.9. The van der Waals surface area contributed by atoms with E-state index in [1.165, 1.54) is 6.42 Å². The number of hydrogen-bond donors (Lipinski definition) is 5. The molecule has 0 bridgehead atoms. The summed E-state index contributed by atoms with van der Waals surface area (Å²) in [7, 11) is 0. The van der Waals surface area contributed by atoms with Crippen molar-refractivity contribution in [1.29, 1.82) is 0 Å². The molecule has 5 unspecified atom stereocenters. The summed E-state index contributed by atoms with van der Waals surface area (Å²) in [5.41, 5.74) is 1.04. The number of carbonyl (C=O) groups excluding carboxylic acids is 2. The minimum Gasteiger partial charge on any atom is -0.388 e. The highest BCUT2D eigenvalue weighted by Crippen LogP contribution is 2.31. The van der Waals surface area contributed by atoms with Gasteiger partial charge >= 0.3 is 0 Å². The van der Waals surface area contributed by atoms with Gasteiger partial charge in [-0.15, -0.1) is 0 Å². The molecule has 1 aliphatic carbocycles. The molecule has 7 heteroatoms. The van der Waals surface area contributed by atoms with Gasteiger partial charge in [0.1, 0.15) is 12.2 Å². The average molecular weight is 525 g/mol. The molecule has 5 atom stereocenters. The summed E-state index contributed by atoms with van der Waals surface area (Å²) < 4.78 is 0. The van der Waals surface area contributed by atoms with Crippen molar-refractivity contribution in [3.8, 4) is 0 Å². The highest BCUT2D eigenvalue weighted by molar-refractivity contribution is 5.82. The molecule has 3 rings (SSSR count). The maximum atomic E-state index is 13.3. The zero-order valence-corrected chi connectivity index (χ0v) is 22.8. The number of amides is 2. The largest absolute Gasteiger partial charge is 0.388 e. The number of rotatable bonds is 11. The monoisotopic (exact) mass is 524 g/mol. The summed E-state index contributed by atoms with van der Waals surface area (Å²) in [4.78, 5) is 26.0. The summed E-state index contributed by atoms with van der Waals surface area (Å²) in [5.74, 6) is -0.711. The van der Waals surface area contributed by atoms with Gasteiger partial charge in [-0.2, -0.15) is 0 Å². The van der Waals surface area contributed by atoms with E-state index in [0.29, 0.717) is 23.5 Å². The molecule has 5 N–H and O–H groups in total. The normalized spacial score (nSPS) is 18.6. The molecule has 0 heterocycles. The predicted octanol–water partition coefficient (Wildman–Crippen LogP) is 4.19. The van der Waals surface area contributed by atoms with E-state index >= 15 is 0 Å². The topological polar surface area (TPSA) is 119 Å². The van der Waals surface area contributed by atoms with Gasteiger partial charge in [0, 0.05) is 6.42 Å². The van der Waals surface area contributed by atoms with Crippen molar-refractivity contribution < 1.29 is 24.9 Å². The molecular weight excluding hydrogens is 480 g/mol. The highest BCUT2D eigenvalue weighted by Gasteiger charge is 2.36. The summed E-state index contributed by atoms with van der Waals surface area (Å²) in [6.07, 6.45) is 1.79. The van der Waals surface area contributed by atoms with Crippen molar-refractivity contribution in [3.05, 3.63) is 71.8 Å². The number of nitrogens with one attached hydrogen (secondary N) is 2. The van der Waals surface area contributed by atoms with Crippen LogP contribution in [-0.4, -0.2) is 45.4 Å². The fourth-order valence-electron chi connectivity index (χ4n) is 5.27. The second-order valence-electron chi connectivity index (χ2n) is 11.8. The first-order valence-corrected chi connectivity index (χ1v) is 13.8. The van der Waals surface area contributed by atoms with Crippen molar-refractivity contribution >= 4 is 11.8 Å². The highest BCUT2D eigenvalue weighted by atomic mass is 16.3. The maximum Gasteiger partial charge on any atom is 0.252 e. The van der Waals surface area contributed by atoms with Gasteiger partial charge in [-0.05, 0) is 28.9 Å². The molecule has 0 aromatic heterocycles. The van der Waals surface area contributed by atoms with Crippen molar-refractivity contribution in [3.63, 3.8) is 0 Å². The number of hydrogen-bond acceptors (Lipinski definition) is 5. The van der Waals surface area contributed by atoms with Crippen LogP contribution in [0.3, 0.4) is 0 Å². The molecule has 0 radical (unpaired) electrons. The smallest absolute Gasteiger partial charge is 0.252 e. The Balaban J connectivity index is 1.77. The molecule has 1 saturated carbocycles. The van der Waals surface area contributed by atoms with E-state index in [1.807, 2.05) is 45.0 Å². The van der Waals surface area contributed by atoms with Crippen LogP contribution >= 0.6 is 0 Å². The van der Waals surface area contributed by atoms with Gasteiger partial charge in [-0.1, -0.05) is 114 Å². The van der Waals surface area contributed by atoms with Crippen molar-refractivity contribution in [2.45, 2.75) is 96.1 Å². The van der Waals surface area contributed by atoms with Gasteiger partial charge in [0.05, 0.1) is 12.1 Å². The van der Waals surface area contributed by atoms with Crippen LogP contribution in [0.4, 0.5) is 0 Å². The molecule has 0 saturated heterocycles. The molecule has 7 nitrogen and oxygen atoms in total. The minimum absolute atomic E-state index is 0.216. The van der Waals surface area contributed by atoms with Crippen LogP contribution in [0, 0.1) is 11.3 Å². The summed E-state index contributed by atoms with van der Waals surface area (Å²) in [6.45, 7) is 5.88. The van der Waals surface area contributed by atoms with Gasteiger partial charge in [0.25, 0.3) is 5.91 Å². The third-order valence-corrected chi connectivity index (χ3v) is 7.27. The van der Waals surface area contributed by atoms with E-state index in [0.717, 1.165) is 25.7 Å². The lowest BCUT2D eigenvalue weighted by Gasteiger charge is -2.33. The second-order valence-corrected chi connectivity index (χ2v) is 11.8. The van der Waals surface area contributed by atoms with E-state index in [2.05, 4.69) is 10.6 Å². The van der Waals surface area contributed by atoms with Crippen LogP contribution < -0.4 is 10.6 Å². The lowest BCUT2D eigenvalue weighted by Crippen LogP contribution is -2.54. The first-order valence-electron chi connectivity index (χ1n) is 13.8. The van der Waals surface area contributed by atoms with Crippen LogP contribution in [-0.2, 0) is 9.59 Å². The molecule has 38 heavy (non-hydrogen) atoms. The van der Waals surface area contributed by atoms with E-state index in [-0.39, 0.29) is 17.7 Å². The fourth-order valence-corrected chi connectivity index (χ4v) is 5.27. The van der Waals surface area contributed by atoms with Crippen molar-refractivity contribution in [2.75, 3.05) is 0 Å².